The summed E-state index contributed by atoms with van der Waals surface area (Å²) < 4.78 is 4.46. The normalized spacial score (nSPS) is 7.12. The molecule has 8 heavy (non-hydrogen) atoms. The van der Waals surface area contributed by atoms with Crippen LogP contribution < -0.4 is 0 Å². The smallest absolute Gasteiger partial charge is 0.381 e. The fourth-order valence-corrected chi connectivity index (χ4v) is 0.184. The van der Waals surface area contributed by atoms with Gasteiger partial charge in [-0.2, -0.15) is 0 Å². The van der Waals surface area contributed by atoms with Crippen molar-refractivity contribution in [2.45, 2.75) is 0 Å². The van der Waals surface area contributed by atoms with E-state index in [9.17, 15) is 4.79 Å². The van der Waals surface area contributed by atoms with Crippen LogP contribution in [0.4, 0.5) is 0 Å². The predicted octanol–water partition coefficient (Wildman–Crippen LogP) is -0.279. The second-order valence-corrected chi connectivity index (χ2v) is 1.04. The highest BCUT2D eigenvalue weighted by Gasteiger charge is 1.79. The first kappa shape index (κ1) is 6.99. The molecule has 0 aromatic rings. The van der Waals surface area contributed by atoms with Gasteiger partial charge in [0.1, 0.15) is 6.61 Å². The number of rotatable bonds is 1. The number of hydrogen-bond donors (Lipinski definition) is 1. The quantitative estimate of drug-likeness (QED) is 0.477. The molecule has 0 unspecified atom stereocenters. The topological polar surface area (TPSA) is 46.5 Å². The van der Waals surface area contributed by atoms with Crippen molar-refractivity contribution in [1.29, 1.82) is 0 Å². The third kappa shape index (κ3) is 4.99. The highest BCUT2D eigenvalue weighted by atomic mass is 16.5. The summed E-state index contributed by atoms with van der Waals surface area (Å²) in [6.07, 6.45) is 0. The lowest BCUT2D eigenvalue weighted by molar-refractivity contribution is -0.130. The lowest BCUT2D eigenvalue weighted by Gasteiger charge is -1.79. The van der Waals surface area contributed by atoms with E-state index < -0.39 is 5.97 Å². The predicted molar refractivity (Wildman–Crippen MR) is 27.3 cm³/mol. The molecule has 3 nitrogen and oxygen atoms in total. The summed E-state index contributed by atoms with van der Waals surface area (Å²) in [5.74, 6) is 3.03. The van der Waals surface area contributed by atoms with E-state index in [1.807, 2.05) is 5.92 Å². The summed E-state index contributed by atoms with van der Waals surface area (Å²) in [4.78, 5) is 9.64. The van der Waals surface area contributed by atoms with E-state index in [1.165, 1.54) is 7.11 Å². The molecule has 0 amide bonds. The summed E-state index contributed by atoms with van der Waals surface area (Å²) in [5.41, 5.74) is 0. The van der Waals surface area contributed by atoms with Gasteiger partial charge in [-0.05, 0) is 0 Å². The van der Waals surface area contributed by atoms with Crippen molar-refractivity contribution >= 4 is 5.97 Å². The number of carboxylic acid groups (broad SMARTS) is 1. The fourth-order valence-electron chi connectivity index (χ4n) is 0.184. The molecule has 0 aliphatic carbocycles. The Bertz CT molecular complexity index is 128. The van der Waals surface area contributed by atoms with Crippen LogP contribution >= 0.6 is 0 Å². The molecule has 0 fully saturated rings. The van der Waals surface area contributed by atoms with Gasteiger partial charge in [-0.3, -0.25) is 0 Å². The SMILES string of the molecule is COCC#CC(=O)O. The molecular weight excluding hydrogens is 108 g/mol. The number of ether oxygens (including phenoxy) is 1. The van der Waals surface area contributed by atoms with Gasteiger partial charge in [0.15, 0.2) is 0 Å². The van der Waals surface area contributed by atoms with Crippen LogP contribution in [0.2, 0.25) is 0 Å². The maximum atomic E-state index is 9.64. The minimum atomic E-state index is -1.12. The van der Waals surface area contributed by atoms with Crippen LogP contribution in [0.5, 0.6) is 0 Å². The number of aliphatic carboxylic acids is 1. The molecule has 0 aliphatic heterocycles. The van der Waals surface area contributed by atoms with Crippen molar-refractivity contribution in [3.8, 4) is 11.8 Å². The minimum Gasteiger partial charge on any atom is -0.472 e. The first-order chi connectivity index (χ1) is 3.77. The van der Waals surface area contributed by atoms with Gasteiger partial charge in [0.2, 0.25) is 0 Å². The van der Waals surface area contributed by atoms with Gasteiger partial charge in [-0.25, -0.2) is 4.79 Å². The van der Waals surface area contributed by atoms with Crippen LogP contribution in [0.3, 0.4) is 0 Å². The third-order valence-corrected chi connectivity index (χ3v) is 0.412. The lowest BCUT2D eigenvalue weighted by atomic mass is 10.6. The Labute approximate surface area is 47.3 Å². The fraction of sp³-hybridized carbons (Fsp3) is 0.400. The van der Waals surface area contributed by atoms with E-state index in [-0.39, 0.29) is 6.61 Å². The number of carboxylic acids is 1. The Morgan fingerprint density at radius 1 is 1.88 bits per heavy atom. The van der Waals surface area contributed by atoms with Gasteiger partial charge < -0.3 is 9.84 Å². The van der Waals surface area contributed by atoms with E-state index in [0.29, 0.717) is 0 Å². The van der Waals surface area contributed by atoms with E-state index in [2.05, 4.69) is 10.7 Å². The van der Waals surface area contributed by atoms with Gasteiger partial charge in [0, 0.05) is 13.0 Å². The Morgan fingerprint density at radius 3 is 2.88 bits per heavy atom. The maximum Gasteiger partial charge on any atom is 0.381 e. The van der Waals surface area contributed by atoms with Gasteiger partial charge >= 0.3 is 5.97 Å². The van der Waals surface area contributed by atoms with Crippen LogP contribution in [0.15, 0.2) is 0 Å². The van der Waals surface area contributed by atoms with E-state index >= 15 is 0 Å². The van der Waals surface area contributed by atoms with Crippen LogP contribution in [-0.4, -0.2) is 24.8 Å². The highest BCUT2D eigenvalue weighted by Crippen LogP contribution is 1.61. The van der Waals surface area contributed by atoms with Crippen molar-refractivity contribution in [2.24, 2.45) is 0 Å². The Kier molecular flexibility index (Phi) is 3.63. The molecule has 0 bridgehead atoms. The van der Waals surface area contributed by atoms with E-state index in [0.717, 1.165) is 0 Å². The molecule has 0 rings (SSSR count). The van der Waals surface area contributed by atoms with Gasteiger partial charge in [-0.1, -0.05) is 5.92 Å². The van der Waals surface area contributed by atoms with Crippen LogP contribution in [0.1, 0.15) is 0 Å². The average Bonchev–Trinajstić information content (AvgIpc) is 1.66. The Hall–Kier alpha value is -1.01. The van der Waals surface area contributed by atoms with Crippen molar-refractivity contribution in [1.82, 2.24) is 0 Å². The molecule has 0 atom stereocenters. The molecule has 3 heteroatoms. The first-order valence-corrected chi connectivity index (χ1v) is 1.98. The van der Waals surface area contributed by atoms with Gasteiger partial charge in [0.25, 0.3) is 0 Å². The van der Waals surface area contributed by atoms with Crippen molar-refractivity contribution in [3.05, 3.63) is 0 Å². The second kappa shape index (κ2) is 4.16. The van der Waals surface area contributed by atoms with E-state index in [1.54, 1.807) is 0 Å². The summed E-state index contributed by atoms with van der Waals surface area (Å²) in [6, 6.07) is 0. The standard InChI is InChI=1S/C5H6O3/c1-8-4-2-3-5(6)7/h4H2,1H3,(H,6,7). The average molecular weight is 114 g/mol. The number of hydrogen-bond acceptors (Lipinski definition) is 2. The van der Waals surface area contributed by atoms with Crippen LogP contribution in [0, 0.1) is 11.8 Å². The third-order valence-electron chi connectivity index (χ3n) is 0.412. The molecule has 0 aromatic carbocycles. The molecule has 0 saturated carbocycles. The molecule has 44 valence electrons. The molecule has 0 saturated heterocycles. The zero-order valence-corrected chi connectivity index (χ0v) is 4.47. The molecule has 0 aromatic heterocycles. The Balaban J connectivity index is 3.35. The highest BCUT2D eigenvalue weighted by molar-refractivity contribution is 5.86. The molecule has 0 spiro atoms. The largest absolute Gasteiger partial charge is 0.472 e. The second-order valence-electron chi connectivity index (χ2n) is 1.04. The molecular formula is C5H6O3. The summed E-state index contributed by atoms with van der Waals surface area (Å²) in [6.45, 7) is 0.173. The number of carbonyl (C=O) groups is 1. The first-order valence-electron chi connectivity index (χ1n) is 1.98. The molecule has 0 radical (unpaired) electrons. The van der Waals surface area contributed by atoms with E-state index in [4.69, 9.17) is 5.11 Å². The van der Waals surface area contributed by atoms with Crippen molar-refractivity contribution in [2.75, 3.05) is 13.7 Å². The maximum absolute atomic E-state index is 9.64. The summed E-state index contributed by atoms with van der Waals surface area (Å²) in [5, 5.41) is 7.91. The molecule has 1 N–H and O–H groups in total. The Morgan fingerprint density at radius 2 is 2.50 bits per heavy atom. The van der Waals surface area contributed by atoms with Crippen LogP contribution in [0.25, 0.3) is 0 Å². The van der Waals surface area contributed by atoms with Gasteiger partial charge in [0.05, 0.1) is 0 Å². The number of methoxy groups -OCH3 is 1. The zero-order chi connectivity index (χ0) is 6.41. The van der Waals surface area contributed by atoms with Gasteiger partial charge in [-0.15, -0.1) is 0 Å². The van der Waals surface area contributed by atoms with Crippen molar-refractivity contribution in [3.63, 3.8) is 0 Å². The molecule has 0 aliphatic rings. The van der Waals surface area contributed by atoms with Crippen molar-refractivity contribution < 1.29 is 14.6 Å². The summed E-state index contributed by atoms with van der Waals surface area (Å²) in [7, 11) is 1.45. The minimum absolute atomic E-state index is 0.173. The van der Waals surface area contributed by atoms with Crippen LogP contribution in [-0.2, 0) is 9.53 Å². The zero-order valence-electron chi connectivity index (χ0n) is 4.47. The monoisotopic (exact) mass is 114 g/mol. The summed E-state index contributed by atoms with van der Waals surface area (Å²) >= 11 is 0. The molecule has 0 heterocycles. The lowest BCUT2D eigenvalue weighted by Crippen LogP contribution is -1.89.